The topological polar surface area (TPSA) is 54.9 Å². The second kappa shape index (κ2) is 7.80. The Bertz CT molecular complexity index is 872. The van der Waals surface area contributed by atoms with Crippen LogP contribution in [0.4, 0.5) is 5.13 Å². The Morgan fingerprint density at radius 1 is 1.20 bits per heavy atom. The van der Waals surface area contributed by atoms with E-state index in [9.17, 15) is 4.79 Å². The molecule has 6 heteroatoms. The van der Waals surface area contributed by atoms with Crippen LogP contribution in [0, 0.1) is 0 Å². The van der Waals surface area contributed by atoms with Gasteiger partial charge in [0.2, 0.25) is 0 Å². The molecule has 2 aromatic heterocycles. The van der Waals surface area contributed by atoms with Crippen LogP contribution in [0.1, 0.15) is 35.7 Å². The minimum Gasteiger partial charge on any atom is -0.298 e. The molecule has 0 spiro atoms. The molecule has 1 aromatic carbocycles. The fourth-order valence-corrected chi connectivity index (χ4v) is 3.65. The van der Waals surface area contributed by atoms with E-state index in [1.165, 1.54) is 28.7 Å². The number of carbonyl (C=O) groups is 1. The minimum atomic E-state index is -0.187. The first-order valence-corrected chi connectivity index (χ1v) is 10.0. The smallest absolute Gasteiger partial charge is 0.260 e. The van der Waals surface area contributed by atoms with Gasteiger partial charge in [-0.15, -0.1) is 23.1 Å². The minimum absolute atomic E-state index is 0.187. The van der Waals surface area contributed by atoms with Gasteiger partial charge in [0.15, 0.2) is 5.13 Å². The van der Waals surface area contributed by atoms with Crippen molar-refractivity contribution < 1.29 is 4.79 Å². The molecule has 0 saturated carbocycles. The summed E-state index contributed by atoms with van der Waals surface area (Å²) in [6, 6.07) is 11.9. The Balaban J connectivity index is 1.76. The quantitative estimate of drug-likeness (QED) is 0.620. The second-order valence-corrected chi connectivity index (χ2v) is 7.48. The molecular formula is C19H19N3OS2. The number of pyridine rings is 1. The van der Waals surface area contributed by atoms with E-state index >= 15 is 0 Å². The van der Waals surface area contributed by atoms with Gasteiger partial charge in [0.1, 0.15) is 5.03 Å². The number of carbonyl (C=O) groups excluding carboxylic acids is 1. The van der Waals surface area contributed by atoms with Crippen molar-refractivity contribution in [2.75, 3.05) is 11.6 Å². The van der Waals surface area contributed by atoms with Crippen molar-refractivity contribution in [1.82, 2.24) is 9.97 Å². The molecule has 128 valence electrons. The van der Waals surface area contributed by atoms with Gasteiger partial charge in [0.05, 0.1) is 11.3 Å². The lowest BCUT2D eigenvalue weighted by atomic mass is 10.0. The third kappa shape index (κ3) is 4.08. The van der Waals surface area contributed by atoms with E-state index in [-0.39, 0.29) is 5.91 Å². The molecule has 4 nitrogen and oxygen atoms in total. The average molecular weight is 370 g/mol. The summed E-state index contributed by atoms with van der Waals surface area (Å²) < 4.78 is 0. The maximum absolute atomic E-state index is 12.5. The van der Waals surface area contributed by atoms with Crippen molar-refractivity contribution in [2.45, 2.75) is 24.8 Å². The van der Waals surface area contributed by atoms with Crippen molar-refractivity contribution in [3.8, 4) is 11.3 Å². The van der Waals surface area contributed by atoms with Crippen LogP contribution in [-0.2, 0) is 0 Å². The summed E-state index contributed by atoms with van der Waals surface area (Å²) >= 11 is 2.87. The third-order valence-corrected chi connectivity index (χ3v) is 5.28. The number of hydrogen-bond acceptors (Lipinski definition) is 5. The number of rotatable bonds is 5. The molecule has 3 aromatic rings. The summed E-state index contributed by atoms with van der Waals surface area (Å²) in [5.41, 5.74) is 3.78. The van der Waals surface area contributed by atoms with Gasteiger partial charge in [0, 0.05) is 17.1 Å². The van der Waals surface area contributed by atoms with E-state index in [4.69, 9.17) is 0 Å². The fraction of sp³-hybridized carbons (Fsp3) is 0.211. The van der Waals surface area contributed by atoms with E-state index in [1.54, 1.807) is 18.3 Å². The highest BCUT2D eigenvalue weighted by molar-refractivity contribution is 7.98. The zero-order chi connectivity index (χ0) is 17.8. The molecule has 1 N–H and O–H groups in total. The highest BCUT2D eigenvalue weighted by atomic mass is 32.2. The van der Waals surface area contributed by atoms with Crippen LogP contribution in [0.2, 0.25) is 0 Å². The van der Waals surface area contributed by atoms with Crippen LogP contribution in [-0.4, -0.2) is 22.1 Å². The van der Waals surface area contributed by atoms with Crippen molar-refractivity contribution in [3.05, 3.63) is 59.1 Å². The van der Waals surface area contributed by atoms with E-state index in [0.29, 0.717) is 21.6 Å². The molecule has 0 aliphatic rings. The van der Waals surface area contributed by atoms with Crippen molar-refractivity contribution in [3.63, 3.8) is 0 Å². The predicted molar refractivity (Wildman–Crippen MR) is 106 cm³/mol. The standard InChI is InChI=1S/C19H19N3OS2/c1-12(2)13-6-8-14(9-7-13)16-11-25-19(21-16)22-17(23)15-5-4-10-20-18(15)24-3/h4-12H,1-3H3,(H,21,22,23). The molecule has 0 fully saturated rings. The number of anilines is 1. The summed E-state index contributed by atoms with van der Waals surface area (Å²) in [5.74, 6) is 0.318. The van der Waals surface area contributed by atoms with Crippen molar-refractivity contribution in [1.29, 1.82) is 0 Å². The Hall–Kier alpha value is -2.18. The second-order valence-electron chi connectivity index (χ2n) is 5.83. The fourth-order valence-electron chi connectivity index (χ4n) is 2.39. The summed E-state index contributed by atoms with van der Waals surface area (Å²) in [5, 5.41) is 6.12. The largest absolute Gasteiger partial charge is 0.298 e. The lowest BCUT2D eigenvalue weighted by Crippen LogP contribution is -2.13. The SMILES string of the molecule is CSc1ncccc1C(=O)Nc1nc(-c2ccc(C(C)C)cc2)cs1. The number of thioether (sulfide) groups is 1. The highest BCUT2D eigenvalue weighted by Gasteiger charge is 2.14. The molecule has 0 aliphatic heterocycles. The molecule has 25 heavy (non-hydrogen) atoms. The molecule has 0 radical (unpaired) electrons. The molecule has 2 heterocycles. The van der Waals surface area contributed by atoms with Gasteiger partial charge in [-0.3, -0.25) is 10.1 Å². The summed E-state index contributed by atoms with van der Waals surface area (Å²) in [6.45, 7) is 4.35. The Morgan fingerprint density at radius 2 is 1.96 bits per heavy atom. The van der Waals surface area contributed by atoms with E-state index < -0.39 is 0 Å². The lowest BCUT2D eigenvalue weighted by molar-refractivity contribution is 0.102. The number of thiazole rings is 1. The molecule has 3 rings (SSSR count). The van der Waals surface area contributed by atoms with Gasteiger partial charge >= 0.3 is 0 Å². The van der Waals surface area contributed by atoms with E-state index in [2.05, 4.69) is 53.4 Å². The summed E-state index contributed by atoms with van der Waals surface area (Å²) in [4.78, 5) is 21.2. The number of benzene rings is 1. The molecule has 0 aliphatic carbocycles. The highest BCUT2D eigenvalue weighted by Crippen LogP contribution is 2.27. The van der Waals surface area contributed by atoms with Gasteiger partial charge in [-0.2, -0.15) is 0 Å². The van der Waals surface area contributed by atoms with E-state index in [1.807, 2.05) is 11.6 Å². The zero-order valence-corrected chi connectivity index (χ0v) is 15.9. The van der Waals surface area contributed by atoms with Crippen LogP contribution in [0.15, 0.2) is 53.0 Å². The Kier molecular flexibility index (Phi) is 5.50. The number of nitrogens with zero attached hydrogens (tertiary/aromatic N) is 2. The van der Waals surface area contributed by atoms with Gasteiger partial charge < -0.3 is 0 Å². The molecule has 0 unspecified atom stereocenters. The number of hydrogen-bond donors (Lipinski definition) is 1. The van der Waals surface area contributed by atoms with E-state index in [0.717, 1.165) is 11.3 Å². The summed E-state index contributed by atoms with van der Waals surface area (Å²) in [6.07, 6.45) is 3.59. The molecular weight excluding hydrogens is 350 g/mol. The Labute approximate surface area is 155 Å². The van der Waals surface area contributed by atoms with Crippen LogP contribution in [0.25, 0.3) is 11.3 Å². The molecule has 0 bridgehead atoms. The molecule has 1 amide bonds. The predicted octanol–water partition coefficient (Wildman–Crippen LogP) is 5.30. The van der Waals surface area contributed by atoms with Crippen molar-refractivity contribution >= 4 is 34.1 Å². The van der Waals surface area contributed by atoms with Crippen LogP contribution < -0.4 is 5.32 Å². The van der Waals surface area contributed by atoms with Crippen LogP contribution in [0.5, 0.6) is 0 Å². The first kappa shape index (κ1) is 17.6. The van der Waals surface area contributed by atoms with Crippen LogP contribution in [0.3, 0.4) is 0 Å². The average Bonchev–Trinajstić information content (AvgIpc) is 3.10. The third-order valence-electron chi connectivity index (χ3n) is 3.81. The maximum Gasteiger partial charge on any atom is 0.260 e. The van der Waals surface area contributed by atoms with Gasteiger partial charge in [-0.1, -0.05) is 38.1 Å². The van der Waals surface area contributed by atoms with Crippen molar-refractivity contribution in [2.24, 2.45) is 0 Å². The lowest BCUT2D eigenvalue weighted by Gasteiger charge is -2.06. The van der Waals surface area contributed by atoms with Gasteiger partial charge in [-0.05, 0) is 29.9 Å². The Morgan fingerprint density at radius 3 is 2.64 bits per heavy atom. The van der Waals surface area contributed by atoms with Gasteiger partial charge in [-0.25, -0.2) is 9.97 Å². The van der Waals surface area contributed by atoms with Gasteiger partial charge in [0.25, 0.3) is 5.91 Å². The maximum atomic E-state index is 12.5. The molecule has 0 atom stereocenters. The number of aromatic nitrogens is 2. The number of nitrogens with one attached hydrogen (secondary N) is 1. The monoisotopic (exact) mass is 369 g/mol. The van der Waals surface area contributed by atoms with Crippen LogP contribution >= 0.6 is 23.1 Å². The number of amides is 1. The first-order chi connectivity index (χ1) is 12.1. The zero-order valence-electron chi connectivity index (χ0n) is 14.3. The summed E-state index contributed by atoms with van der Waals surface area (Å²) in [7, 11) is 0. The first-order valence-electron chi connectivity index (χ1n) is 7.94. The molecule has 0 saturated heterocycles. The normalized spacial score (nSPS) is 10.9.